The van der Waals surface area contributed by atoms with Gasteiger partial charge in [-0.25, -0.2) is 13.8 Å². The Morgan fingerprint density at radius 1 is 1.42 bits per heavy atom. The highest BCUT2D eigenvalue weighted by Gasteiger charge is 2.13. The van der Waals surface area contributed by atoms with Crippen molar-refractivity contribution < 1.29 is 13.2 Å². The Morgan fingerprint density at radius 3 is 2.50 bits per heavy atom. The minimum Gasteiger partial charge on any atom is -0.325 e. The molecule has 0 aromatic carbocycles. The second-order valence-corrected chi connectivity index (χ2v) is 2.19. The minimum atomic E-state index is -2.83. The third kappa shape index (κ3) is 1.73. The number of pyridine rings is 1. The van der Waals surface area contributed by atoms with E-state index in [1.54, 1.807) is 0 Å². The van der Waals surface area contributed by atoms with Crippen LogP contribution in [0.2, 0.25) is 0 Å². The maximum Gasteiger partial charge on any atom is 0.268 e. The summed E-state index contributed by atoms with van der Waals surface area (Å²) in [6.45, 7) is 0.0421. The Kier molecular flexibility index (Phi) is 2.65. The lowest BCUT2D eigenvalue weighted by Crippen LogP contribution is -2.03. The van der Waals surface area contributed by atoms with Crippen LogP contribution in [-0.2, 0) is 6.54 Å². The Labute approximate surface area is 67.2 Å². The molecule has 0 atom stereocenters. The van der Waals surface area contributed by atoms with E-state index >= 15 is 0 Å². The van der Waals surface area contributed by atoms with E-state index in [4.69, 9.17) is 5.73 Å². The summed E-state index contributed by atoms with van der Waals surface area (Å²) in [7, 11) is 0. The molecule has 0 aliphatic carbocycles. The van der Waals surface area contributed by atoms with Crippen LogP contribution in [0.1, 0.15) is 17.7 Å². The predicted octanol–water partition coefficient (Wildman–Crippen LogP) is 1.62. The molecule has 0 radical (unpaired) electrons. The highest BCUT2D eigenvalue weighted by Crippen LogP contribution is 2.20. The second-order valence-electron chi connectivity index (χ2n) is 2.19. The fourth-order valence-electron chi connectivity index (χ4n) is 0.759. The number of halogens is 3. The smallest absolute Gasteiger partial charge is 0.268 e. The lowest BCUT2D eigenvalue weighted by Gasteiger charge is -2.01. The average Bonchev–Trinajstić information content (AvgIpc) is 2.03. The SMILES string of the molecule is NCc1ccc(C(F)F)c(F)n1. The maximum absolute atomic E-state index is 12.6. The molecule has 0 unspecified atom stereocenters. The quantitative estimate of drug-likeness (QED) is 0.695. The molecule has 12 heavy (non-hydrogen) atoms. The molecule has 2 N–H and O–H groups in total. The van der Waals surface area contributed by atoms with E-state index in [1.165, 1.54) is 6.07 Å². The molecule has 66 valence electrons. The standard InChI is InChI=1S/C7H7F3N2/c8-6(9)5-2-1-4(3-11)12-7(5)10/h1-2,6H,3,11H2. The van der Waals surface area contributed by atoms with Gasteiger partial charge >= 0.3 is 0 Å². The van der Waals surface area contributed by atoms with E-state index in [2.05, 4.69) is 4.98 Å². The Balaban J connectivity index is 3.03. The predicted molar refractivity (Wildman–Crippen MR) is 37.0 cm³/mol. The van der Waals surface area contributed by atoms with Crippen LogP contribution in [0.3, 0.4) is 0 Å². The Morgan fingerprint density at radius 2 is 2.08 bits per heavy atom. The van der Waals surface area contributed by atoms with Crippen LogP contribution in [0.5, 0.6) is 0 Å². The van der Waals surface area contributed by atoms with Crippen LogP contribution in [0.15, 0.2) is 12.1 Å². The van der Waals surface area contributed by atoms with Gasteiger partial charge in [-0.15, -0.1) is 0 Å². The van der Waals surface area contributed by atoms with Crippen molar-refractivity contribution in [2.75, 3.05) is 0 Å². The van der Waals surface area contributed by atoms with Crippen LogP contribution in [-0.4, -0.2) is 4.98 Å². The van der Waals surface area contributed by atoms with Crippen molar-refractivity contribution >= 4 is 0 Å². The maximum atomic E-state index is 12.6. The van der Waals surface area contributed by atoms with Crippen LogP contribution in [0.4, 0.5) is 13.2 Å². The van der Waals surface area contributed by atoms with Crippen molar-refractivity contribution in [2.45, 2.75) is 13.0 Å². The first-order valence-corrected chi connectivity index (χ1v) is 3.28. The molecule has 0 amide bonds. The van der Waals surface area contributed by atoms with Gasteiger partial charge in [0.1, 0.15) is 0 Å². The molecule has 0 aliphatic heterocycles. The van der Waals surface area contributed by atoms with Gasteiger partial charge in [-0.2, -0.15) is 4.39 Å². The minimum absolute atomic E-state index is 0.0421. The molecule has 0 spiro atoms. The molecule has 1 aromatic rings. The van der Waals surface area contributed by atoms with Gasteiger partial charge < -0.3 is 5.73 Å². The lowest BCUT2D eigenvalue weighted by atomic mass is 10.2. The van der Waals surface area contributed by atoms with Crippen molar-refractivity contribution in [3.8, 4) is 0 Å². The molecule has 0 saturated carbocycles. The second kappa shape index (κ2) is 3.53. The summed E-state index contributed by atoms with van der Waals surface area (Å²) in [6, 6.07) is 2.28. The van der Waals surface area contributed by atoms with Crippen molar-refractivity contribution in [3.05, 3.63) is 29.3 Å². The zero-order chi connectivity index (χ0) is 9.14. The van der Waals surface area contributed by atoms with E-state index in [0.717, 1.165) is 6.07 Å². The topological polar surface area (TPSA) is 38.9 Å². The number of hydrogen-bond donors (Lipinski definition) is 1. The molecule has 1 heterocycles. The van der Waals surface area contributed by atoms with Gasteiger partial charge in [0.2, 0.25) is 5.95 Å². The van der Waals surface area contributed by atoms with Crippen LogP contribution >= 0.6 is 0 Å². The summed E-state index contributed by atoms with van der Waals surface area (Å²) in [4.78, 5) is 3.24. The van der Waals surface area contributed by atoms with Crippen molar-refractivity contribution in [3.63, 3.8) is 0 Å². The number of rotatable bonds is 2. The zero-order valence-corrected chi connectivity index (χ0v) is 6.10. The molecule has 5 heteroatoms. The van der Waals surface area contributed by atoms with E-state index in [1.807, 2.05) is 0 Å². The van der Waals surface area contributed by atoms with Gasteiger partial charge in [-0.05, 0) is 12.1 Å². The summed E-state index contributed by atoms with van der Waals surface area (Å²) in [5.41, 5.74) is 4.70. The normalized spacial score (nSPS) is 10.8. The molecule has 0 saturated heterocycles. The number of aromatic nitrogens is 1. The van der Waals surface area contributed by atoms with E-state index in [0.29, 0.717) is 0 Å². The first kappa shape index (κ1) is 8.99. The molecular weight excluding hydrogens is 169 g/mol. The van der Waals surface area contributed by atoms with Crippen LogP contribution in [0, 0.1) is 5.95 Å². The average molecular weight is 176 g/mol. The summed E-state index contributed by atoms with van der Waals surface area (Å²) in [5.74, 6) is -1.15. The molecule has 0 aliphatic rings. The fourth-order valence-corrected chi connectivity index (χ4v) is 0.759. The van der Waals surface area contributed by atoms with E-state index in [9.17, 15) is 13.2 Å². The molecular formula is C7H7F3N2. The van der Waals surface area contributed by atoms with Crippen molar-refractivity contribution in [2.24, 2.45) is 5.73 Å². The Bertz CT molecular complexity index is 275. The lowest BCUT2D eigenvalue weighted by molar-refractivity contribution is 0.145. The fraction of sp³-hybridized carbons (Fsp3) is 0.286. The zero-order valence-electron chi connectivity index (χ0n) is 6.10. The van der Waals surface area contributed by atoms with Gasteiger partial charge in [0.15, 0.2) is 0 Å². The monoisotopic (exact) mass is 176 g/mol. The summed E-state index contributed by atoms with van der Waals surface area (Å²) in [5, 5.41) is 0. The van der Waals surface area contributed by atoms with Crippen LogP contribution < -0.4 is 5.73 Å². The third-order valence-corrected chi connectivity index (χ3v) is 1.38. The third-order valence-electron chi connectivity index (χ3n) is 1.38. The number of nitrogens with zero attached hydrogens (tertiary/aromatic N) is 1. The highest BCUT2D eigenvalue weighted by atomic mass is 19.3. The molecule has 1 rings (SSSR count). The van der Waals surface area contributed by atoms with Gasteiger partial charge in [-0.1, -0.05) is 0 Å². The van der Waals surface area contributed by atoms with Gasteiger partial charge in [0, 0.05) is 6.54 Å². The molecule has 2 nitrogen and oxygen atoms in total. The number of alkyl halides is 2. The van der Waals surface area contributed by atoms with E-state index < -0.39 is 17.9 Å². The van der Waals surface area contributed by atoms with E-state index in [-0.39, 0.29) is 12.2 Å². The number of nitrogens with two attached hydrogens (primary N) is 1. The molecule has 1 aromatic heterocycles. The van der Waals surface area contributed by atoms with Crippen molar-refractivity contribution in [1.82, 2.24) is 4.98 Å². The molecule has 0 fully saturated rings. The number of hydrogen-bond acceptors (Lipinski definition) is 2. The highest BCUT2D eigenvalue weighted by molar-refractivity contribution is 5.16. The van der Waals surface area contributed by atoms with Gasteiger partial charge in [0.25, 0.3) is 6.43 Å². The Hall–Kier alpha value is -1.10. The van der Waals surface area contributed by atoms with Gasteiger partial charge in [0.05, 0.1) is 11.3 Å². The molecule has 0 bridgehead atoms. The van der Waals surface area contributed by atoms with Crippen LogP contribution in [0.25, 0.3) is 0 Å². The van der Waals surface area contributed by atoms with Crippen molar-refractivity contribution in [1.29, 1.82) is 0 Å². The first-order chi connectivity index (χ1) is 5.65. The summed E-state index contributed by atoms with van der Waals surface area (Å²) >= 11 is 0. The first-order valence-electron chi connectivity index (χ1n) is 3.28. The summed E-state index contributed by atoms with van der Waals surface area (Å²) in [6.07, 6.45) is -2.83. The summed E-state index contributed by atoms with van der Waals surface area (Å²) < 4.78 is 36.5. The van der Waals surface area contributed by atoms with Gasteiger partial charge in [-0.3, -0.25) is 0 Å². The largest absolute Gasteiger partial charge is 0.325 e.